The topological polar surface area (TPSA) is 28.2 Å². The van der Waals surface area contributed by atoms with Crippen molar-refractivity contribution >= 4 is 16.5 Å². The molecule has 3 heterocycles. The van der Waals surface area contributed by atoms with Crippen LogP contribution in [0, 0.1) is 19.8 Å². The van der Waals surface area contributed by atoms with Gasteiger partial charge in [0.1, 0.15) is 0 Å². The van der Waals surface area contributed by atoms with Crippen LogP contribution in [0.15, 0.2) is 0 Å². The van der Waals surface area contributed by atoms with Gasteiger partial charge in [0.2, 0.25) is 0 Å². The van der Waals surface area contributed by atoms with E-state index in [1.165, 1.54) is 41.6 Å². The number of nitrogens with one attached hydrogen (secondary N) is 1. The lowest BCUT2D eigenvalue weighted by Crippen LogP contribution is -2.40. The van der Waals surface area contributed by atoms with Crippen molar-refractivity contribution in [3.63, 3.8) is 0 Å². The van der Waals surface area contributed by atoms with Crippen LogP contribution in [0.5, 0.6) is 0 Å². The number of hydrogen-bond donors (Lipinski definition) is 1. The van der Waals surface area contributed by atoms with Crippen molar-refractivity contribution in [3.05, 3.63) is 10.6 Å². The maximum atomic E-state index is 4.67. The van der Waals surface area contributed by atoms with Crippen molar-refractivity contribution in [1.29, 1.82) is 0 Å². The van der Waals surface area contributed by atoms with Gasteiger partial charge in [-0.25, -0.2) is 4.98 Å². The molecule has 0 aromatic carbocycles. The van der Waals surface area contributed by atoms with Gasteiger partial charge >= 0.3 is 0 Å². The van der Waals surface area contributed by atoms with Gasteiger partial charge in [0.15, 0.2) is 5.13 Å². The summed E-state index contributed by atoms with van der Waals surface area (Å²) in [5.74, 6) is 0.846. The zero-order chi connectivity index (χ0) is 11.1. The van der Waals surface area contributed by atoms with Crippen LogP contribution in [-0.4, -0.2) is 30.7 Å². The predicted molar refractivity (Wildman–Crippen MR) is 68.3 cm³/mol. The second-order valence-corrected chi connectivity index (χ2v) is 6.19. The predicted octanol–water partition coefficient (Wildman–Crippen LogP) is 1.95. The Labute approximate surface area is 101 Å². The molecule has 88 valence electrons. The largest absolute Gasteiger partial charge is 0.346 e. The van der Waals surface area contributed by atoms with Crippen molar-refractivity contribution < 1.29 is 0 Å². The van der Waals surface area contributed by atoms with Gasteiger partial charge in [-0.1, -0.05) is 0 Å². The second-order valence-electron chi connectivity index (χ2n) is 5.01. The molecule has 0 bridgehead atoms. The average molecular weight is 237 g/mol. The third-order valence-electron chi connectivity index (χ3n) is 3.89. The minimum atomic E-state index is 0.707. The fourth-order valence-corrected chi connectivity index (χ4v) is 3.72. The van der Waals surface area contributed by atoms with Crippen molar-refractivity contribution in [2.24, 2.45) is 5.92 Å². The molecule has 2 atom stereocenters. The fraction of sp³-hybridized carbons (Fsp3) is 0.750. The molecule has 16 heavy (non-hydrogen) atoms. The molecule has 4 heteroatoms. The summed E-state index contributed by atoms with van der Waals surface area (Å²) in [6.07, 6.45) is 2.72. The first-order chi connectivity index (χ1) is 7.74. The molecular weight excluding hydrogens is 218 g/mol. The first-order valence-electron chi connectivity index (χ1n) is 6.16. The lowest BCUT2D eigenvalue weighted by atomic mass is 9.94. The van der Waals surface area contributed by atoms with E-state index in [2.05, 4.69) is 29.0 Å². The van der Waals surface area contributed by atoms with Crippen LogP contribution in [-0.2, 0) is 0 Å². The smallest absolute Gasteiger partial charge is 0.185 e. The van der Waals surface area contributed by atoms with Crippen LogP contribution in [0.25, 0.3) is 0 Å². The fourth-order valence-electron chi connectivity index (χ4n) is 2.79. The van der Waals surface area contributed by atoms with Gasteiger partial charge in [0.25, 0.3) is 0 Å². The molecule has 2 fully saturated rings. The second kappa shape index (κ2) is 4.00. The molecule has 1 N–H and O–H groups in total. The molecule has 0 amide bonds. The van der Waals surface area contributed by atoms with E-state index < -0.39 is 0 Å². The van der Waals surface area contributed by atoms with E-state index in [0.717, 1.165) is 12.5 Å². The molecular formula is C12H19N3S. The Kier molecular flexibility index (Phi) is 2.64. The molecule has 0 unspecified atom stereocenters. The molecule has 3 rings (SSSR count). The Bertz CT molecular complexity index is 354. The van der Waals surface area contributed by atoms with Gasteiger partial charge in [-0.15, -0.1) is 11.3 Å². The lowest BCUT2D eigenvalue weighted by molar-refractivity contribution is 0.340. The van der Waals surface area contributed by atoms with Crippen LogP contribution in [0.2, 0.25) is 0 Å². The molecule has 0 spiro atoms. The highest BCUT2D eigenvalue weighted by atomic mass is 32.1. The Morgan fingerprint density at radius 2 is 2.25 bits per heavy atom. The van der Waals surface area contributed by atoms with E-state index in [1.54, 1.807) is 0 Å². The number of aryl methyl sites for hydroxylation is 2. The number of nitrogens with zero attached hydrogens (tertiary/aromatic N) is 2. The molecule has 2 aliphatic rings. The SMILES string of the molecule is Cc1nc(N2C[C@@H]3CCCN[C@@H]3C2)sc1C. The van der Waals surface area contributed by atoms with E-state index in [4.69, 9.17) is 0 Å². The first-order valence-corrected chi connectivity index (χ1v) is 6.98. The number of anilines is 1. The van der Waals surface area contributed by atoms with Crippen molar-refractivity contribution in [3.8, 4) is 0 Å². The van der Waals surface area contributed by atoms with Crippen molar-refractivity contribution in [2.75, 3.05) is 24.5 Å². The van der Waals surface area contributed by atoms with E-state index in [-0.39, 0.29) is 0 Å². The summed E-state index contributed by atoms with van der Waals surface area (Å²) in [6, 6.07) is 0.707. The molecule has 1 aromatic heterocycles. The third kappa shape index (κ3) is 1.74. The zero-order valence-corrected chi connectivity index (χ0v) is 10.8. The lowest BCUT2D eigenvalue weighted by Gasteiger charge is -2.24. The summed E-state index contributed by atoms with van der Waals surface area (Å²) < 4.78 is 0. The van der Waals surface area contributed by atoms with Gasteiger partial charge in [-0.3, -0.25) is 0 Å². The average Bonchev–Trinajstić information content (AvgIpc) is 2.83. The Morgan fingerprint density at radius 1 is 1.38 bits per heavy atom. The normalized spacial score (nSPS) is 29.5. The van der Waals surface area contributed by atoms with Gasteiger partial charge in [-0.05, 0) is 39.2 Å². The van der Waals surface area contributed by atoms with Crippen LogP contribution < -0.4 is 10.2 Å². The van der Waals surface area contributed by atoms with Crippen molar-refractivity contribution in [2.45, 2.75) is 32.7 Å². The van der Waals surface area contributed by atoms with Gasteiger partial charge < -0.3 is 10.2 Å². The molecule has 2 aliphatic heterocycles. The molecule has 1 aromatic rings. The summed E-state index contributed by atoms with van der Waals surface area (Å²) in [5.41, 5.74) is 1.20. The molecule has 0 aliphatic carbocycles. The summed E-state index contributed by atoms with van der Waals surface area (Å²) in [5, 5.41) is 4.87. The highest BCUT2D eigenvalue weighted by molar-refractivity contribution is 7.15. The minimum absolute atomic E-state index is 0.707. The molecule has 2 saturated heterocycles. The van der Waals surface area contributed by atoms with Crippen LogP contribution in [0.4, 0.5) is 5.13 Å². The number of rotatable bonds is 1. The zero-order valence-electron chi connectivity index (χ0n) is 9.99. The minimum Gasteiger partial charge on any atom is -0.346 e. The van der Waals surface area contributed by atoms with E-state index in [1.807, 2.05) is 11.3 Å². The summed E-state index contributed by atoms with van der Waals surface area (Å²) in [4.78, 5) is 8.50. The standard InChI is InChI=1S/C12H19N3S/c1-8-9(2)16-12(14-8)15-6-10-4-3-5-13-11(10)7-15/h10-11,13H,3-7H2,1-2H3/t10-,11+/m0/s1. The van der Waals surface area contributed by atoms with Gasteiger partial charge in [0, 0.05) is 24.0 Å². The van der Waals surface area contributed by atoms with Gasteiger partial charge in [0.05, 0.1) is 5.69 Å². The van der Waals surface area contributed by atoms with Gasteiger partial charge in [-0.2, -0.15) is 0 Å². The molecule has 0 radical (unpaired) electrons. The summed E-state index contributed by atoms with van der Waals surface area (Å²) in [7, 11) is 0. The van der Waals surface area contributed by atoms with Crippen molar-refractivity contribution in [1.82, 2.24) is 10.3 Å². The highest BCUT2D eigenvalue weighted by Gasteiger charge is 2.35. The maximum absolute atomic E-state index is 4.67. The summed E-state index contributed by atoms with van der Waals surface area (Å²) in [6.45, 7) is 7.82. The quantitative estimate of drug-likeness (QED) is 0.809. The van der Waals surface area contributed by atoms with E-state index in [0.29, 0.717) is 6.04 Å². The van der Waals surface area contributed by atoms with E-state index in [9.17, 15) is 0 Å². The Morgan fingerprint density at radius 3 is 2.94 bits per heavy atom. The Balaban J connectivity index is 1.77. The van der Waals surface area contributed by atoms with Crippen LogP contribution in [0.1, 0.15) is 23.4 Å². The van der Waals surface area contributed by atoms with Crippen LogP contribution >= 0.6 is 11.3 Å². The number of aromatic nitrogens is 1. The third-order valence-corrected chi connectivity index (χ3v) is 5.02. The molecule has 0 saturated carbocycles. The highest BCUT2D eigenvalue weighted by Crippen LogP contribution is 2.32. The number of fused-ring (bicyclic) bond motifs is 1. The summed E-state index contributed by atoms with van der Waals surface area (Å²) >= 11 is 1.84. The number of hydrogen-bond acceptors (Lipinski definition) is 4. The van der Waals surface area contributed by atoms with Crippen LogP contribution in [0.3, 0.4) is 0 Å². The van der Waals surface area contributed by atoms with E-state index >= 15 is 0 Å². The first kappa shape index (κ1) is 10.5. The Hall–Kier alpha value is -0.610. The monoisotopic (exact) mass is 237 g/mol. The number of thiazole rings is 1. The molecule has 3 nitrogen and oxygen atoms in total. The maximum Gasteiger partial charge on any atom is 0.185 e. The number of piperidine rings is 1.